The number of nitrogens with zero attached hydrogens (tertiary/aromatic N) is 3. The molecule has 34 heavy (non-hydrogen) atoms. The van der Waals surface area contributed by atoms with Crippen molar-refractivity contribution in [2.24, 2.45) is 0 Å². The van der Waals surface area contributed by atoms with Gasteiger partial charge in [-0.15, -0.1) is 0 Å². The first-order valence-corrected chi connectivity index (χ1v) is 9.79. The number of hydrogen-bond acceptors (Lipinski definition) is 5. The van der Waals surface area contributed by atoms with Crippen LogP contribution in [0.4, 0.5) is 26.3 Å². The van der Waals surface area contributed by atoms with Gasteiger partial charge in [0.05, 0.1) is 18.1 Å². The van der Waals surface area contributed by atoms with Gasteiger partial charge in [-0.2, -0.15) is 31.6 Å². The smallest absolute Gasteiger partial charge is 0.475 e. The average molecular weight is 494 g/mol. The number of carboxylic acid groups (broad SMARTS) is 1. The van der Waals surface area contributed by atoms with E-state index in [1.165, 1.54) is 21.9 Å². The van der Waals surface area contributed by atoms with E-state index < -0.39 is 29.4 Å². The Bertz CT molecular complexity index is 967. The van der Waals surface area contributed by atoms with E-state index in [0.29, 0.717) is 5.56 Å². The molecule has 2 aliphatic rings. The normalized spacial score (nSPS) is 18.5. The van der Waals surface area contributed by atoms with Crippen molar-refractivity contribution < 1.29 is 45.8 Å². The largest absolute Gasteiger partial charge is 0.490 e. The maximum Gasteiger partial charge on any atom is 0.490 e. The molecule has 2 heterocycles. The average Bonchev–Trinajstić information content (AvgIpc) is 2.69. The Kier molecular flexibility index (Phi) is 7.82. The monoisotopic (exact) mass is 494 g/mol. The van der Waals surface area contributed by atoms with E-state index in [1.807, 2.05) is 6.07 Å². The van der Waals surface area contributed by atoms with E-state index in [9.17, 15) is 35.9 Å². The van der Waals surface area contributed by atoms with E-state index in [1.54, 1.807) is 6.92 Å². The highest BCUT2D eigenvalue weighted by Gasteiger charge is 2.56. The van der Waals surface area contributed by atoms with Crippen LogP contribution < -0.4 is 5.32 Å². The van der Waals surface area contributed by atoms with Crippen molar-refractivity contribution in [1.82, 2.24) is 15.1 Å². The SMILES string of the molecule is CC(CC#N)N1CC(=O)N(Cc2ccc(C(F)(F)F)cc2)C2(CNC2)C1=O.O=C(O)C(F)(F)F. The summed E-state index contributed by atoms with van der Waals surface area (Å²) >= 11 is 0. The highest BCUT2D eigenvalue weighted by Crippen LogP contribution is 2.33. The number of carbonyl (C=O) groups is 3. The number of hydrogen-bond donors (Lipinski definition) is 2. The first-order valence-electron chi connectivity index (χ1n) is 9.79. The highest BCUT2D eigenvalue weighted by molar-refractivity contribution is 5.99. The van der Waals surface area contributed by atoms with Crippen LogP contribution in [-0.4, -0.2) is 70.1 Å². The molecule has 2 amide bonds. The molecule has 186 valence electrons. The third kappa shape index (κ3) is 5.77. The van der Waals surface area contributed by atoms with Gasteiger partial charge in [0, 0.05) is 25.7 Å². The van der Waals surface area contributed by atoms with Gasteiger partial charge in [-0.3, -0.25) is 9.59 Å². The zero-order valence-corrected chi connectivity index (χ0v) is 17.7. The lowest BCUT2D eigenvalue weighted by Gasteiger charge is -2.55. The number of nitriles is 1. The van der Waals surface area contributed by atoms with Gasteiger partial charge in [0.1, 0.15) is 12.1 Å². The van der Waals surface area contributed by atoms with E-state index in [-0.39, 0.29) is 50.5 Å². The lowest BCUT2D eigenvalue weighted by Crippen LogP contribution is -2.80. The van der Waals surface area contributed by atoms with E-state index >= 15 is 0 Å². The lowest BCUT2D eigenvalue weighted by molar-refractivity contribution is -0.192. The summed E-state index contributed by atoms with van der Waals surface area (Å²) in [6.07, 6.45) is -9.38. The molecule has 0 bridgehead atoms. The molecule has 8 nitrogen and oxygen atoms in total. The van der Waals surface area contributed by atoms with Gasteiger partial charge in [-0.25, -0.2) is 4.79 Å². The molecule has 2 aliphatic heterocycles. The summed E-state index contributed by atoms with van der Waals surface area (Å²) in [6, 6.07) is 6.22. The lowest BCUT2D eigenvalue weighted by atomic mass is 9.84. The minimum absolute atomic E-state index is 0.0604. The van der Waals surface area contributed by atoms with Gasteiger partial charge in [0.25, 0.3) is 5.91 Å². The molecule has 0 aliphatic carbocycles. The number of carboxylic acids is 1. The van der Waals surface area contributed by atoms with Gasteiger partial charge >= 0.3 is 18.3 Å². The van der Waals surface area contributed by atoms with Gasteiger partial charge < -0.3 is 20.2 Å². The fourth-order valence-corrected chi connectivity index (χ4v) is 3.45. The van der Waals surface area contributed by atoms with Crippen LogP contribution in [0.15, 0.2) is 24.3 Å². The van der Waals surface area contributed by atoms with Crippen molar-refractivity contribution in [3.05, 3.63) is 35.4 Å². The molecule has 0 radical (unpaired) electrons. The van der Waals surface area contributed by atoms with Crippen molar-refractivity contribution in [2.75, 3.05) is 19.6 Å². The Morgan fingerprint density at radius 3 is 2.09 bits per heavy atom. The van der Waals surface area contributed by atoms with Gasteiger partial charge in [0.2, 0.25) is 5.91 Å². The summed E-state index contributed by atoms with van der Waals surface area (Å²) in [5, 5.41) is 19.0. The van der Waals surface area contributed by atoms with Crippen molar-refractivity contribution in [3.63, 3.8) is 0 Å². The molecule has 1 aromatic rings. The summed E-state index contributed by atoms with van der Waals surface area (Å²) in [5.74, 6) is -3.26. The van der Waals surface area contributed by atoms with Crippen molar-refractivity contribution in [2.45, 2.75) is 43.8 Å². The second-order valence-corrected chi connectivity index (χ2v) is 7.76. The number of benzene rings is 1. The maximum absolute atomic E-state index is 13.0. The summed E-state index contributed by atoms with van der Waals surface area (Å²) in [5.41, 5.74) is -1.28. The van der Waals surface area contributed by atoms with Crippen molar-refractivity contribution >= 4 is 17.8 Å². The van der Waals surface area contributed by atoms with Crippen LogP contribution >= 0.6 is 0 Å². The van der Waals surface area contributed by atoms with Crippen molar-refractivity contribution in [1.29, 1.82) is 5.26 Å². The number of alkyl halides is 6. The summed E-state index contributed by atoms with van der Waals surface area (Å²) in [4.78, 5) is 37.5. The number of carbonyl (C=O) groups excluding carboxylic acids is 2. The predicted octanol–water partition coefficient (Wildman–Crippen LogP) is 2.15. The molecule has 14 heteroatoms. The standard InChI is InChI=1S/C18H19F3N4O2.C2HF3O2/c1-12(6-7-22)24-9-15(26)25(17(16(24)27)10-23-11-17)8-13-2-4-14(5-3-13)18(19,20)21;3-2(4,5)1(6)7/h2-5,12,23H,6,8-11H2,1H3;(H,6,7). The van der Waals surface area contributed by atoms with E-state index in [4.69, 9.17) is 15.2 Å². The molecule has 2 saturated heterocycles. The fourth-order valence-electron chi connectivity index (χ4n) is 3.45. The Labute approximate surface area is 189 Å². The number of piperazine rings is 1. The Balaban J connectivity index is 0.000000509. The Morgan fingerprint density at radius 2 is 1.71 bits per heavy atom. The predicted molar refractivity (Wildman–Crippen MR) is 103 cm³/mol. The summed E-state index contributed by atoms with van der Waals surface area (Å²) in [7, 11) is 0. The molecule has 1 atom stereocenters. The molecule has 3 rings (SSSR count). The Hall–Kier alpha value is -3.34. The molecular weight excluding hydrogens is 474 g/mol. The zero-order chi connectivity index (χ0) is 25.9. The number of rotatable bonds is 4. The van der Waals surface area contributed by atoms with Gasteiger partial charge in [-0.1, -0.05) is 12.1 Å². The third-order valence-corrected chi connectivity index (χ3v) is 5.40. The van der Waals surface area contributed by atoms with E-state index in [2.05, 4.69) is 5.32 Å². The zero-order valence-electron chi connectivity index (χ0n) is 17.7. The first kappa shape index (κ1) is 26.9. The number of aliphatic carboxylic acids is 1. The fraction of sp³-hybridized carbons (Fsp3) is 0.500. The summed E-state index contributed by atoms with van der Waals surface area (Å²) < 4.78 is 69.9. The molecular formula is C20H20F6N4O4. The number of amides is 2. The molecule has 2 fully saturated rings. The molecule has 0 saturated carbocycles. The summed E-state index contributed by atoms with van der Waals surface area (Å²) in [6.45, 7) is 2.22. The van der Waals surface area contributed by atoms with Crippen LogP contribution in [0.3, 0.4) is 0 Å². The highest BCUT2D eigenvalue weighted by atomic mass is 19.4. The minimum atomic E-state index is -5.08. The van der Waals surface area contributed by atoms with Gasteiger partial charge in [-0.05, 0) is 24.6 Å². The van der Waals surface area contributed by atoms with Crippen molar-refractivity contribution in [3.8, 4) is 6.07 Å². The van der Waals surface area contributed by atoms with Gasteiger partial charge in [0.15, 0.2) is 0 Å². The topological polar surface area (TPSA) is 114 Å². The first-order chi connectivity index (χ1) is 15.6. The maximum atomic E-state index is 13.0. The second kappa shape index (κ2) is 9.88. The minimum Gasteiger partial charge on any atom is -0.475 e. The van der Waals surface area contributed by atoms with Crippen LogP contribution in [0.2, 0.25) is 0 Å². The van der Waals surface area contributed by atoms with Crippen LogP contribution in [-0.2, 0) is 27.1 Å². The van der Waals surface area contributed by atoms with Crippen LogP contribution in [0.1, 0.15) is 24.5 Å². The molecule has 1 spiro atoms. The van der Waals surface area contributed by atoms with Crippen LogP contribution in [0.25, 0.3) is 0 Å². The third-order valence-electron chi connectivity index (χ3n) is 5.40. The quantitative estimate of drug-likeness (QED) is 0.621. The molecule has 1 aromatic carbocycles. The molecule has 1 unspecified atom stereocenters. The molecule has 0 aromatic heterocycles. The second-order valence-electron chi connectivity index (χ2n) is 7.76. The van der Waals surface area contributed by atoms with E-state index in [0.717, 1.165) is 12.1 Å². The van der Waals surface area contributed by atoms with Crippen LogP contribution in [0, 0.1) is 11.3 Å². The molecule has 2 N–H and O–H groups in total. The number of nitrogens with one attached hydrogen (secondary N) is 1. The number of halogens is 6. The van der Waals surface area contributed by atoms with Crippen LogP contribution in [0.5, 0.6) is 0 Å². The Morgan fingerprint density at radius 1 is 1.18 bits per heavy atom.